The quantitative estimate of drug-likeness (QED) is 0.600. The smallest absolute Gasteiger partial charge is 0.407 e. The van der Waals surface area contributed by atoms with Crippen LogP contribution in [0, 0.1) is 0 Å². The Labute approximate surface area is 79.2 Å². The molecular weight excluding hydrogens is 186 g/mol. The highest BCUT2D eigenvalue weighted by Crippen LogP contribution is 2.12. The average molecular weight is 195 g/mol. The summed E-state index contributed by atoms with van der Waals surface area (Å²) in [5.74, 6) is 0. The summed E-state index contributed by atoms with van der Waals surface area (Å²) in [6.45, 7) is 0.561. The fraction of sp³-hybridized carbons (Fsp3) is 0.375. The minimum absolute atomic E-state index is 0.167. The monoisotopic (exact) mass is 195 g/mol. The van der Waals surface area contributed by atoms with Gasteiger partial charge in [0.25, 0.3) is 5.56 Å². The van der Waals surface area contributed by atoms with Gasteiger partial charge in [-0.2, -0.15) is 0 Å². The molecule has 2 heterocycles. The van der Waals surface area contributed by atoms with E-state index in [2.05, 4.69) is 9.97 Å². The predicted octanol–water partition coefficient (Wildman–Crippen LogP) is -0.194. The molecule has 1 aromatic rings. The summed E-state index contributed by atoms with van der Waals surface area (Å²) in [5, 5.41) is 8.75. The maximum Gasteiger partial charge on any atom is 0.407 e. The summed E-state index contributed by atoms with van der Waals surface area (Å²) in [6.07, 6.45) is 0.759. The zero-order valence-corrected chi connectivity index (χ0v) is 7.36. The number of fused-ring (bicyclic) bond motifs is 1. The Balaban J connectivity index is 2.36. The Kier molecular flexibility index (Phi) is 1.95. The summed E-state index contributed by atoms with van der Waals surface area (Å²) in [7, 11) is 0. The number of nitrogens with zero attached hydrogens (tertiary/aromatic N) is 2. The van der Waals surface area contributed by atoms with Gasteiger partial charge in [-0.25, -0.2) is 9.78 Å². The van der Waals surface area contributed by atoms with Crippen LogP contribution in [0.3, 0.4) is 0 Å². The van der Waals surface area contributed by atoms with Gasteiger partial charge in [-0.15, -0.1) is 0 Å². The first-order valence-electron chi connectivity index (χ1n) is 4.22. The second kappa shape index (κ2) is 3.13. The number of hydrogen-bond donors (Lipinski definition) is 2. The Bertz CT molecular complexity index is 426. The van der Waals surface area contributed by atoms with Gasteiger partial charge < -0.3 is 15.0 Å². The molecule has 0 radical (unpaired) electrons. The zero-order valence-electron chi connectivity index (χ0n) is 7.36. The SMILES string of the molecule is O=C(O)N1CCc2c(nc[nH]c2=O)C1. The first kappa shape index (κ1) is 8.74. The third-order valence-electron chi connectivity index (χ3n) is 2.28. The molecule has 0 aliphatic carbocycles. The van der Waals surface area contributed by atoms with Crippen LogP contribution in [0.15, 0.2) is 11.1 Å². The predicted molar refractivity (Wildman–Crippen MR) is 47.0 cm³/mol. The normalized spacial score (nSPS) is 15.0. The maximum absolute atomic E-state index is 11.3. The molecule has 2 N–H and O–H groups in total. The van der Waals surface area contributed by atoms with Gasteiger partial charge in [0.15, 0.2) is 0 Å². The van der Waals surface area contributed by atoms with Crippen LogP contribution in [0.4, 0.5) is 4.79 Å². The Hall–Kier alpha value is -1.85. The third-order valence-corrected chi connectivity index (χ3v) is 2.28. The molecule has 0 aromatic carbocycles. The molecule has 0 bridgehead atoms. The van der Waals surface area contributed by atoms with E-state index in [0.29, 0.717) is 24.2 Å². The van der Waals surface area contributed by atoms with Crippen molar-refractivity contribution in [3.05, 3.63) is 27.9 Å². The number of H-pyrrole nitrogens is 1. The van der Waals surface area contributed by atoms with Crippen LogP contribution in [-0.2, 0) is 13.0 Å². The number of amides is 1. The van der Waals surface area contributed by atoms with Crippen LogP contribution in [0.2, 0.25) is 0 Å². The number of nitrogens with one attached hydrogen (secondary N) is 1. The van der Waals surface area contributed by atoms with Crippen LogP contribution in [-0.4, -0.2) is 32.6 Å². The van der Waals surface area contributed by atoms with Gasteiger partial charge in [0, 0.05) is 12.1 Å². The third kappa shape index (κ3) is 1.34. The van der Waals surface area contributed by atoms with Gasteiger partial charge in [0.2, 0.25) is 0 Å². The minimum atomic E-state index is -0.974. The maximum atomic E-state index is 11.3. The summed E-state index contributed by atoms with van der Waals surface area (Å²) in [5.41, 5.74) is 0.993. The van der Waals surface area contributed by atoms with Gasteiger partial charge in [0.05, 0.1) is 18.6 Å². The molecule has 1 amide bonds. The summed E-state index contributed by atoms with van der Waals surface area (Å²) in [6, 6.07) is 0. The van der Waals surface area contributed by atoms with Crippen molar-refractivity contribution in [1.82, 2.24) is 14.9 Å². The molecule has 1 aromatic heterocycles. The lowest BCUT2D eigenvalue weighted by molar-refractivity contribution is 0.139. The fourth-order valence-electron chi connectivity index (χ4n) is 1.53. The number of aromatic nitrogens is 2. The second-order valence-electron chi connectivity index (χ2n) is 3.11. The van der Waals surface area contributed by atoms with E-state index in [4.69, 9.17) is 5.11 Å². The molecule has 14 heavy (non-hydrogen) atoms. The average Bonchev–Trinajstić information content (AvgIpc) is 2.17. The van der Waals surface area contributed by atoms with Gasteiger partial charge in [0.1, 0.15) is 0 Å². The van der Waals surface area contributed by atoms with E-state index in [1.54, 1.807) is 0 Å². The van der Waals surface area contributed by atoms with Crippen molar-refractivity contribution in [3.63, 3.8) is 0 Å². The Morgan fingerprint density at radius 1 is 1.64 bits per heavy atom. The lowest BCUT2D eigenvalue weighted by Crippen LogP contribution is -2.38. The van der Waals surface area contributed by atoms with Crippen LogP contribution in [0.5, 0.6) is 0 Å². The van der Waals surface area contributed by atoms with Gasteiger partial charge in [-0.3, -0.25) is 4.79 Å². The summed E-state index contributed by atoms with van der Waals surface area (Å²) >= 11 is 0. The first-order valence-corrected chi connectivity index (χ1v) is 4.22. The lowest BCUT2D eigenvalue weighted by atomic mass is 10.1. The second-order valence-corrected chi connectivity index (χ2v) is 3.11. The highest BCUT2D eigenvalue weighted by molar-refractivity contribution is 5.65. The minimum Gasteiger partial charge on any atom is -0.465 e. The van der Waals surface area contributed by atoms with Crippen molar-refractivity contribution in [2.24, 2.45) is 0 Å². The zero-order chi connectivity index (χ0) is 10.1. The van der Waals surface area contributed by atoms with E-state index in [1.165, 1.54) is 11.2 Å². The van der Waals surface area contributed by atoms with E-state index >= 15 is 0 Å². The van der Waals surface area contributed by atoms with Crippen molar-refractivity contribution in [2.75, 3.05) is 6.54 Å². The van der Waals surface area contributed by atoms with Crippen molar-refractivity contribution in [3.8, 4) is 0 Å². The number of hydrogen-bond acceptors (Lipinski definition) is 3. The van der Waals surface area contributed by atoms with Crippen molar-refractivity contribution in [2.45, 2.75) is 13.0 Å². The standard InChI is InChI=1S/C8H9N3O3/c12-7-5-1-2-11(8(13)14)3-6(5)9-4-10-7/h4H,1-3H2,(H,13,14)(H,9,10,12). The lowest BCUT2D eigenvalue weighted by Gasteiger charge is -2.24. The molecule has 0 unspecified atom stereocenters. The number of carbonyl (C=O) groups is 1. The van der Waals surface area contributed by atoms with Crippen molar-refractivity contribution < 1.29 is 9.90 Å². The number of aromatic amines is 1. The molecule has 0 saturated heterocycles. The van der Waals surface area contributed by atoms with Gasteiger partial charge >= 0.3 is 6.09 Å². The molecule has 0 saturated carbocycles. The molecule has 6 heteroatoms. The summed E-state index contributed by atoms with van der Waals surface area (Å²) in [4.78, 5) is 29.6. The van der Waals surface area contributed by atoms with Crippen LogP contribution in [0.25, 0.3) is 0 Å². The molecule has 1 aliphatic heterocycles. The number of rotatable bonds is 0. The van der Waals surface area contributed by atoms with E-state index in [9.17, 15) is 9.59 Å². The topological polar surface area (TPSA) is 86.3 Å². The van der Waals surface area contributed by atoms with Crippen LogP contribution < -0.4 is 5.56 Å². The van der Waals surface area contributed by atoms with Crippen LogP contribution >= 0.6 is 0 Å². The molecule has 0 fully saturated rings. The highest BCUT2D eigenvalue weighted by Gasteiger charge is 2.22. The molecule has 0 spiro atoms. The van der Waals surface area contributed by atoms with Crippen LogP contribution in [0.1, 0.15) is 11.3 Å². The molecule has 74 valence electrons. The molecule has 2 rings (SSSR count). The molecule has 1 aliphatic rings. The van der Waals surface area contributed by atoms with E-state index in [1.807, 2.05) is 0 Å². The molecule has 6 nitrogen and oxygen atoms in total. The van der Waals surface area contributed by atoms with Crippen molar-refractivity contribution in [1.29, 1.82) is 0 Å². The van der Waals surface area contributed by atoms with Crippen molar-refractivity contribution >= 4 is 6.09 Å². The first-order chi connectivity index (χ1) is 6.68. The Morgan fingerprint density at radius 2 is 2.43 bits per heavy atom. The fourth-order valence-corrected chi connectivity index (χ4v) is 1.53. The van der Waals surface area contributed by atoms with E-state index < -0.39 is 6.09 Å². The van der Waals surface area contributed by atoms with Gasteiger partial charge in [-0.1, -0.05) is 0 Å². The summed E-state index contributed by atoms with van der Waals surface area (Å²) < 4.78 is 0. The Morgan fingerprint density at radius 3 is 3.14 bits per heavy atom. The largest absolute Gasteiger partial charge is 0.465 e. The van der Waals surface area contributed by atoms with Gasteiger partial charge in [-0.05, 0) is 6.42 Å². The number of carboxylic acid groups (broad SMARTS) is 1. The van der Waals surface area contributed by atoms with E-state index in [0.717, 1.165) is 0 Å². The molecule has 0 atom stereocenters. The van der Waals surface area contributed by atoms with E-state index in [-0.39, 0.29) is 12.1 Å². The highest BCUT2D eigenvalue weighted by atomic mass is 16.4. The molecular formula is C8H9N3O3.